The lowest BCUT2D eigenvalue weighted by Crippen LogP contribution is -2.28. The van der Waals surface area contributed by atoms with Crippen molar-refractivity contribution in [2.45, 2.75) is 24.5 Å². The zero-order valence-corrected chi connectivity index (χ0v) is 8.43. The van der Waals surface area contributed by atoms with E-state index in [-0.39, 0.29) is 5.78 Å². The number of hydrogen-bond donors (Lipinski definition) is 1. The molecule has 0 aliphatic heterocycles. The van der Waals surface area contributed by atoms with Gasteiger partial charge in [-0.25, -0.2) is 0 Å². The number of carbonyl (C=O) groups is 1. The number of carbonyl (C=O) groups excluding carboxylic acids is 1. The first-order valence-electron chi connectivity index (χ1n) is 3.92. The van der Waals surface area contributed by atoms with Crippen LogP contribution in [0.2, 0.25) is 0 Å². The van der Waals surface area contributed by atoms with E-state index in [4.69, 9.17) is 4.42 Å². The third-order valence-corrected chi connectivity index (χ3v) is 3.01. The molecule has 1 aromatic rings. The zero-order valence-electron chi connectivity index (χ0n) is 7.61. The molecule has 3 nitrogen and oxygen atoms in total. The third kappa shape index (κ3) is 2.90. The van der Waals surface area contributed by atoms with E-state index in [1.54, 1.807) is 12.3 Å². The lowest BCUT2D eigenvalue weighted by atomic mass is 10.3. The highest BCUT2D eigenvalue weighted by Crippen LogP contribution is 2.26. The molecule has 0 saturated heterocycles. The van der Waals surface area contributed by atoms with Crippen LogP contribution in [0.5, 0.6) is 0 Å². The number of hydrogen-bond acceptors (Lipinski definition) is 4. The van der Waals surface area contributed by atoms with Crippen LogP contribution in [0.15, 0.2) is 22.8 Å². The lowest BCUT2D eigenvalue weighted by Gasteiger charge is -2.17. The molecular weight excluding hydrogens is 188 g/mol. The van der Waals surface area contributed by atoms with Gasteiger partial charge in [0, 0.05) is 0 Å². The van der Waals surface area contributed by atoms with E-state index >= 15 is 0 Å². The summed E-state index contributed by atoms with van der Waals surface area (Å²) in [5, 5.41) is 9.56. The largest absolute Gasteiger partial charge is 0.468 e. The highest BCUT2D eigenvalue weighted by molar-refractivity contribution is 8.00. The standard InChI is InChI=1S/C9H12O3S/c1-7(10)9(2,11)13-6-8-4-3-5-12-8/h3-5,11H,6H2,1-2H3. The molecule has 0 fully saturated rings. The molecule has 1 unspecified atom stereocenters. The number of ketones is 1. The molecule has 0 bridgehead atoms. The fraction of sp³-hybridized carbons (Fsp3) is 0.444. The maximum absolute atomic E-state index is 10.9. The van der Waals surface area contributed by atoms with Crippen molar-refractivity contribution in [1.29, 1.82) is 0 Å². The predicted molar refractivity (Wildman–Crippen MR) is 51.3 cm³/mol. The number of thioether (sulfide) groups is 1. The summed E-state index contributed by atoms with van der Waals surface area (Å²) in [4.78, 5) is 9.61. The van der Waals surface area contributed by atoms with Gasteiger partial charge in [-0.05, 0) is 26.0 Å². The van der Waals surface area contributed by atoms with Gasteiger partial charge in [-0.1, -0.05) is 0 Å². The van der Waals surface area contributed by atoms with E-state index in [0.29, 0.717) is 5.75 Å². The number of rotatable bonds is 4. The summed E-state index contributed by atoms with van der Waals surface area (Å²) < 4.78 is 5.07. The minimum atomic E-state index is -1.31. The van der Waals surface area contributed by atoms with Crippen LogP contribution < -0.4 is 0 Å². The second-order valence-electron chi connectivity index (χ2n) is 2.91. The molecule has 0 saturated carbocycles. The SMILES string of the molecule is CC(=O)C(C)(O)SCc1ccco1. The molecule has 0 amide bonds. The molecule has 72 valence electrons. The molecule has 1 heterocycles. The first kappa shape index (κ1) is 10.3. The Kier molecular flexibility index (Phi) is 3.17. The van der Waals surface area contributed by atoms with Gasteiger partial charge in [-0.3, -0.25) is 4.79 Å². The Morgan fingerprint density at radius 2 is 2.46 bits per heavy atom. The van der Waals surface area contributed by atoms with Gasteiger partial charge in [0.2, 0.25) is 0 Å². The zero-order chi connectivity index (χ0) is 9.90. The van der Waals surface area contributed by atoms with Crippen LogP contribution >= 0.6 is 11.8 Å². The molecule has 1 atom stereocenters. The van der Waals surface area contributed by atoms with Gasteiger partial charge in [0.15, 0.2) is 10.7 Å². The van der Waals surface area contributed by atoms with Gasteiger partial charge in [-0.15, -0.1) is 11.8 Å². The van der Waals surface area contributed by atoms with E-state index < -0.39 is 4.93 Å². The summed E-state index contributed by atoms with van der Waals surface area (Å²) in [5.41, 5.74) is 0. The minimum absolute atomic E-state index is 0.246. The van der Waals surface area contributed by atoms with Crippen molar-refractivity contribution in [3.8, 4) is 0 Å². The van der Waals surface area contributed by atoms with Gasteiger partial charge in [0.25, 0.3) is 0 Å². The second kappa shape index (κ2) is 3.98. The summed E-state index contributed by atoms with van der Waals surface area (Å²) in [5.74, 6) is 1.01. The fourth-order valence-electron chi connectivity index (χ4n) is 0.708. The average Bonchev–Trinajstić information content (AvgIpc) is 2.52. The van der Waals surface area contributed by atoms with Crippen LogP contribution in [0.25, 0.3) is 0 Å². The maximum Gasteiger partial charge on any atom is 0.171 e. The van der Waals surface area contributed by atoms with Gasteiger partial charge < -0.3 is 9.52 Å². The van der Waals surface area contributed by atoms with Crippen molar-refractivity contribution in [3.63, 3.8) is 0 Å². The first-order valence-corrected chi connectivity index (χ1v) is 4.90. The number of aliphatic hydroxyl groups is 1. The van der Waals surface area contributed by atoms with E-state index in [9.17, 15) is 9.90 Å². The van der Waals surface area contributed by atoms with E-state index in [1.165, 1.54) is 13.8 Å². The summed E-state index contributed by atoms with van der Waals surface area (Å²) >= 11 is 1.16. The van der Waals surface area contributed by atoms with Gasteiger partial charge in [0.05, 0.1) is 12.0 Å². The Hall–Kier alpha value is -0.740. The summed E-state index contributed by atoms with van der Waals surface area (Å²) in [6.45, 7) is 2.86. The number of Topliss-reactive ketones (excluding diaryl/α,β-unsaturated/α-hetero) is 1. The summed E-state index contributed by atoms with van der Waals surface area (Å²) in [7, 11) is 0. The average molecular weight is 200 g/mol. The molecule has 1 rings (SSSR count). The molecule has 1 aromatic heterocycles. The molecule has 0 radical (unpaired) electrons. The second-order valence-corrected chi connectivity index (χ2v) is 4.28. The molecule has 1 N–H and O–H groups in total. The maximum atomic E-state index is 10.9. The summed E-state index contributed by atoms with van der Waals surface area (Å²) in [6.07, 6.45) is 1.57. The molecule has 0 aliphatic carbocycles. The number of furan rings is 1. The van der Waals surface area contributed by atoms with Gasteiger partial charge in [-0.2, -0.15) is 0 Å². The first-order chi connectivity index (χ1) is 6.02. The van der Waals surface area contributed by atoms with Crippen molar-refractivity contribution >= 4 is 17.5 Å². The van der Waals surface area contributed by atoms with E-state index in [0.717, 1.165) is 17.5 Å². The Morgan fingerprint density at radius 3 is 2.92 bits per heavy atom. The van der Waals surface area contributed by atoms with E-state index in [1.807, 2.05) is 6.07 Å². The Balaban J connectivity index is 2.47. The molecular formula is C9H12O3S. The van der Waals surface area contributed by atoms with Crippen LogP contribution in [-0.2, 0) is 10.5 Å². The van der Waals surface area contributed by atoms with Gasteiger partial charge in [0.1, 0.15) is 5.76 Å². The quantitative estimate of drug-likeness (QED) is 0.753. The molecule has 4 heteroatoms. The highest BCUT2D eigenvalue weighted by Gasteiger charge is 2.26. The van der Waals surface area contributed by atoms with Crippen molar-refractivity contribution in [1.82, 2.24) is 0 Å². The molecule has 0 spiro atoms. The van der Waals surface area contributed by atoms with Crippen LogP contribution in [0.4, 0.5) is 0 Å². The predicted octanol–water partition coefficient (Wildman–Crippen LogP) is 1.81. The molecule has 0 aromatic carbocycles. The Morgan fingerprint density at radius 1 is 1.77 bits per heavy atom. The minimum Gasteiger partial charge on any atom is -0.468 e. The van der Waals surface area contributed by atoms with Crippen molar-refractivity contribution < 1.29 is 14.3 Å². The topological polar surface area (TPSA) is 50.4 Å². The van der Waals surface area contributed by atoms with Crippen LogP contribution in [-0.4, -0.2) is 15.8 Å². The molecule has 0 aliphatic rings. The Labute approximate surface area is 81.1 Å². The fourth-order valence-corrected chi connectivity index (χ4v) is 1.50. The monoisotopic (exact) mass is 200 g/mol. The van der Waals surface area contributed by atoms with Crippen LogP contribution in [0, 0.1) is 0 Å². The third-order valence-electron chi connectivity index (χ3n) is 1.73. The molecule has 13 heavy (non-hydrogen) atoms. The van der Waals surface area contributed by atoms with Crippen molar-refractivity contribution in [2.75, 3.05) is 0 Å². The Bertz CT molecular complexity index is 277. The highest BCUT2D eigenvalue weighted by atomic mass is 32.2. The normalized spacial score (nSPS) is 15.3. The van der Waals surface area contributed by atoms with Crippen molar-refractivity contribution in [2.24, 2.45) is 0 Å². The smallest absolute Gasteiger partial charge is 0.171 e. The van der Waals surface area contributed by atoms with Gasteiger partial charge >= 0.3 is 0 Å². The summed E-state index contributed by atoms with van der Waals surface area (Å²) in [6, 6.07) is 3.58. The van der Waals surface area contributed by atoms with Crippen molar-refractivity contribution in [3.05, 3.63) is 24.2 Å². The lowest BCUT2D eigenvalue weighted by molar-refractivity contribution is -0.126. The van der Waals surface area contributed by atoms with Crippen LogP contribution in [0.3, 0.4) is 0 Å². The van der Waals surface area contributed by atoms with E-state index in [2.05, 4.69) is 0 Å². The van der Waals surface area contributed by atoms with Crippen LogP contribution in [0.1, 0.15) is 19.6 Å².